The van der Waals surface area contributed by atoms with Crippen LogP contribution in [-0.2, 0) is 0 Å². The van der Waals surface area contributed by atoms with Gasteiger partial charge in [0.1, 0.15) is 17.2 Å². The zero-order chi connectivity index (χ0) is 18.3. The first-order valence-electron chi connectivity index (χ1n) is 7.91. The van der Waals surface area contributed by atoms with E-state index in [-0.39, 0.29) is 23.0 Å². The van der Waals surface area contributed by atoms with E-state index in [1.165, 1.54) is 23.5 Å². The first kappa shape index (κ1) is 16.2. The smallest absolute Gasteiger partial charge is 0.195 e. The number of phenolic OH excluding ortho intramolecular Hbond substituents is 3. The summed E-state index contributed by atoms with van der Waals surface area (Å²) in [5, 5.41) is 29.8. The fourth-order valence-corrected chi connectivity index (χ4v) is 4.16. The van der Waals surface area contributed by atoms with E-state index in [2.05, 4.69) is 0 Å². The van der Waals surface area contributed by atoms with E-state index in [0.717, 1.165) is 20.5 Å². The molecule has 4 rings (SSSR count). The molecule has 1 aromatic heterocycles. The predicted octanol–water partition coefficient (Wildman–Crippen LogP) is 4.92. The molecule has 5 heteroatoms. The van der Waals surface area contributed by atoms with Gasteiger partial charge in [0.2, 0.25) is 0 Å². The summed E-state index contributed by atoms with van der Waals surface area (Å²) in [4.78, 5) is 14.0. The molecule has 0 bridgehead atoms. The molecule has 0 spiro atoms. The third kappa shape index (κ3) is 2.78. The summed E-state index contributed by atoms with van der Waals surface area (Å²) >= 11 is 1.40. The number of thiophene rings is 1. The van der Waals surface area contributed by atoms with Crippen LogP contribution in [0, 0.1) is 0 Å². The average Bonchev–Trinajstić information content (AvgIpc) is 3.00. The molecule has 1 heterocycles. The Balaban J connectivity index is 1.98. The zero-order valence-electron chi connectivity index (χ0n) is 13.5. The number of carbonyl (C=O) groups is 1. The van der Waals surface area contributed by atoms with Gasteiger partial charge in [-0.25, -0.2) is 0 Å². The number of hydrogen-bond donors (Lipinski definition) is 3. The van der Waals surface area contributed by atoms with Gasteiger partial charge >= 0.3 is 0 Å². The second-order valence-corrected chi connectivity index (χ2v) is 6.97. The molecule has 0 aliphatic carbocycles. The van der Waals surface area contributed by atoms with Gasteiger partial charge in [0.15, 0.2) is 5.78 Å². The van der Waals surface area contributed by atoms with Crippen LogP contribution in [0.2, 0.25) is 0 Å². The highest BCUT2D eigenvalue weighted by Crippen LogP contribution is 2.41. The van der Waals surface area contributed by atoms with Crippen LogP contribution in [0.15, 0.2) is 66.7 Å². The third-order valence-corrected chi connectivity index (χ3v) is 5.34. The van der Waals surface area contributed by atoms with E-state index in [0.29, 0.717) is 11.1 Å². The summed E-state index contributed by atoms with van der Waals surface area (Å²) in [6, 6.07) is 17.8. The van der Waals surface area contributed by atoms with Gasteiger partial charge in [-0.05, 0) is 60.2 Å². The van der Waals surface area contributed by atoms with Gasteiger partial charge in [-0.2, -0.15) is 0 Å². The van der Waals surface area contributed by atoms with Crippen LogP contribution >= 0.6 is 11.3 Å². The lowest BCUT2D eigenvalue weighted by Gasteiger charge is -2.06. The first-order chi connectivity index (χ1) is 12.5. The molecule has 4 nitrogen and oxygen atoms in total. The number of rotatable bonds is 3. The molecule has 3 N–H and O–H groups in total. The number of aromatic hydroxyl groups is 3. The van der Waals surface area contributed by atoms with Crippen molar-refractivity contribution in [1.29, 1.82) is 0 Å². The van der Waals surface area contributed by atoms with Crippen LogP contribution in [0.3, 0.4) is 0 Å². The van der Waals surface area contributed by atoms with Crippen molar-refractivity contribution in [3.05, 3.63) is 77.9 Å². The van der Waals surface area contributed by atoms with Crippen molar-refractivity contribution in [3.8, 4) is 27.7 Å². The fourth-order valence-electron chi connectivity index (χ4n) is 2.92. The van der Waals surface area contributed by atoms with Crippen molar-refractivity contribution < 1.29 is 20.1 Å². The van der Waals surface area contributed by atoms with E-state index < -0.39 is 0 Å². The maximum atomic E-state index is 13.2. The molecule has 0 saturated carbocycles. The molecule has 0 atom stereocenters. The molecular weight excluding hydrogens is 348 g/mol. The van der Waals surface area contributed by atoms with Gasteiger partial charge in [0.05, 0.1) is 0 Å². The van der Waals surface area contributed by atoms with Crippen LogP contribution in [-0.4, -0.2) is 21.1 Å². The number of hydrogen-bond acceptors (Lipinski definition) is 5. The van der Waals surface area contributed by atoms with Gasteiger partial charge in [-0.3, -0.25) is 4.79 Å². The molecule has 0 saturated heterocycles. The maximum Gasteiger partial charge on any atom is 0.195 e. The quantitative estimate of drug-likeness (QED) is 0.452. The molecule has 0 amide bonds. The minimum Gasteiger partial charge on any atom is -0.508 e. The molecule has 0 aliphatic heterocycles. The van der Waals surface area contributed by atoms with Crippen LogP contribution in [0.5, 0.6) is 17.2 Å². The highest BCUT2D eigenvalue weighted by molar-refractivity contribution is 7.22. The van der Waals surface area contributed by atoms with Gasteiger partial charge < -0.3 is 15.3 Å². The highest BCUT2D eigenvalue weighted by atomic mass is 32.1. The molecule has 0 fully saturated rings. The first-order valence-corrected chi connectivity index (χ1v) is 8.73. The van der Waals surface area contributed by atoms with Gasteiger partial charge in [0.25, 0.3) is 0 Å². The normalized spacial score (nSPS) is 10.9. The average molecular weight is 362 g/mol. The van der Waals surface area contributed by atoms with E-state index in [9.17, 15) is 20.1 Å². The Labute approximate surface area is 153 Å². The monoisotopic (exact) mass is 362 g/mol. The van der Waals surface area contributed by atoms with E-state index in [1.807, 2.05) is 0 Å². The summed E-state index contributed by atoms with van der Waals surface area (Å²) in [5.41, 5.74) is 1.70. The second-order valence-electron chi connectivity index (χ2n) is 5.91. The molecule has 4 aromatic rings. The lowest BCUT2D eigenvalue weighted by atomic mass is 9.97. The number of ketones is 1. The van der Waals surface area contributed by atoms with Gasteiger partial charge in [-0.1, -0.05) is 12.1 Å². The van der Waals surface area contributed by atoms with Crippen molar-refractivity contribution in [2.75, 3.05) is 0 Å². The molecule has 0 radical (unpaired) electrons. The van der Waals surface area contributed by atoms with E-state index in [1.54, 1.807) is 54.6 Å². The van der Waals surface area contributed by atoms with E-state index >= 15 is 0 Å². The summed E-state index contributed by atoms with van der Waals surface area (Å²) in [6.45, 7) is 0. The third-order valence-electron chi connectivity index (χ3n) is 4.14. The van der Waals surface area contributed by atoms with Crippen LogP contribution in [0.25, 0.3) is 20.5 Å². The molecule has 0 aliphatic rings. The Hall–Kier alpha value is -3.31. The predicted molar refractivity (Wildman–Crippen MR) is 102 cm³/mol. The highest BCUT2D eigenvalue weighted by Gasteiger charge is 2.22. The molecule has 26 heavy (non-hydrogen) atoms. The molecule has 0 unspecified atom stereocenters. The van der Waals surface area contributed by atoms with Gasteiger partial charge in [0, 0.05) is 26.1 Å². The summed E-state index contributed by atoms with van der Waals surface area (Å²) in [6.07, 6.45) is 0. The fraction of sp³-hybridized carbons (Fsp3) is 0. The van der Waals surface area contributed by atoms with Crippen molar-refractivity contribution in [2.24, 2.45) is 0 Å². The van der Waals surface area contributed by atoms with Crippen molar-refractivity contribution in [3.63, 3.8) is 0 Å². The Kier molecular flexibility index (Phi) is 3.86. The van der Waals surface area contributed by atoms with Crippen molar-refractivity contribution >= 4 is 27.2 Å². The SMILES string of the molecule is O=C(c1cccc(O)c1)c1c(-c2ccc(O)cc2)sc2cc(O)ccc12. The molecule has 128 valence electrons. The zero-order valence-corrected chi connectivity index (χ0v) is 14.3. The van der Waals surface area contributed by atoms with Crippen molar-refractivity contribution in [1.82, 2.24) is 0 Å². The summed E-state index contributed by atoms with van der Waals surface area (Å²) in [7, 11) is 0. The minimum atomic E-state index is -0.207. The lowest BCUT2D eigenvalue weighted by Crippen LogP contribution is -2.01. The Morgan fingerprint density at radius 1 is 0.769 bits per heavy atom. The lowest BCUT2D eigenvalue weighted by molar-refractivity contribution is 0.104. The van der Waals surface area contributed by atoms with Crippen LogP contribution in [0.4, 0.5) is 0 Å². The molecule has 3 aromatic carbocycles. The Bertz CT molecular complexity index is 1130. The molecular formula is C21H14O4S. The van der Waals surface area contributed by atoms with Crippen molar-refractivity contribution in [2.45, 2.75) is 0 Å². The van der Waals surface area contributed by atoms with Gasteiger partial charge in [-0.15, -0.1) is 11.3 Å². The Morgan fingerprint density at radius 3 is 2.19 bits per heavy atom. The number of carbonyl (C=O) groups excluding carboxylic acids is 1. The summed E-state index contributed by atoms with van der Waals surface area (Å²) < 4.78 is 0.788. The largest absolute Gasteiger partial charge is 0.508 e. The standard InChI is InChI=1S/C21H14O4S/c22-14-6-4-12(5-7-14)21-19(17-9-8-16(24)11-18(17)26-21)20(25)13-2-1-3-15(23)10-13/h1-11,22-24H. The van der Waals surface area contributed by atoms with E-state index in [4.69, 9.17) is 0 Å². The minimum absolute atomic E-state index is 0.0270. The number of benzene rings is 3. The topological polar surface area (TPSA) is 77.8 Å². The number of phenols is 3. The number of fused-ring (bicyclic) bond motifs is 1. The van der Waals surface area contributed by atoms with Crippen LogP contribution in [0.1, 0.15) is 15.9 Å². The Morgan fingerprint density at radius 2 is 1.46 bits per heavy atom. The van der Waals surface area contributed by atoms with Crippen LogP contribution < -0.4 is 0 Å². The summed E-state index contributed by atoms with van der Waals surface area (Å²) in [5.74, 6) is 0.0980. The maximum absolute atomic E-state index is 13.2. The second kappa shape index (κ2) is 6.20.